The number of carbonyl (C=O) groups is 1. The molecule has 0 atom stereocenters. The molecule has 0 aliphatic heterocycles. The van der Waals surface area contributed by atoms with Crippen LogP contribution in [0.15, 0.2) is 64.6 Å². The molecule has 2 N–H and O–H groups in total. The molecule has 6 nitrogen and oxygen atoms in total. The van der Waals surface area contributed by atoms with Crippen molar-refractivity contribution in [3.8, 4) is 11.5 Å². The van der Waals surface area contributed by atoms with Gasteiger partial charge in [0, 0.05) is 18.7 Å². The lowest BCUT2D eigenvalue weighted by Gasteiger charge is -2.08. The van der Waals surface area contributed by atoms with Crippen LogP contribution in [0.5, 0.6) is 0 Å². The highest BCUT2D eigenvalue weighted by Crippen LogP contribution is 2.31. The Morgan fingerprint density at radius 3 is 2.73 bits per heavy atom. The van der Waals surface area contributed by atoms with Crippen LogP contribution in [-0.4, -0.2) is 29.0 Å². The number of benzene rings is 1. The molecule has 0 bridgehead atoms. The molecule has 0 aliphatic rings. The van der Waals surface area contributed by atoms with E-state index >= 15 is 0 Å². The van der Waals surface area contributed by atoms with Gasteiger partial charge in [0.2, 0.25) is 5.95 Å². The lowest BCUT2D eigenvalue weighted by molar-refractivity contribution is 0.0955. The van der Waals surface area contributed by atoms with E-state index in [2.05, 4.69) is 20.6 Å². The Morgan fingerprint density at radius 2 is 1.92 bits per heavy atom. The molecule has 3 heterocycles. The van der Waals surface area contributed by atoms with Crippen LogP contribution in [0, 0.1) is 0 Å². The van der Waals surface area contributed by atoms with Gasteiger partial charge in [0.1, 0.15) is 5.69 Å². The van der Waals surface area contributed by atoms with Crippen LogP contribution in [0.4, 0.5) is 5.95 Å². The van der Waals surface area contributed by atoms with Crippen molar-refractivity contribution in [1.29, 1.82) is 0 Å². The van der Waals surface area contributed by atoms with E-state index in [-0.39, 0.29) is 5.91 Å². The Kier molecular flexibility index (Phi) is 4.61. The zero-order valence-electron chi connectivity index (χ0n) is 13.8. The number of rotatable bonds is 6. The number of furan rings is 1. The third-order valence-corrected chi connectivity index (χ3v) is 4.70. The van der Waals surface area contributed by atoms with Crippen molar-refractivity contribution in [2.75, 3.05) is 18.4 Å². The van der Waals surface area contributed by atoms with E-state index in [4.69, 9.17) is 4.42 Å². The van der Waals surface area contributed by atoms with Gasteiger partial charge in [-0.2, -0.15) is 0 Å². The molecule has 0 saturated heterocycles. The number of aromatic nitrogens is 2. The van der Waals surface area contributed by atoms with E-state index in [1.807, 2.05) is 41.8 Å². The second kappa shape index (κ2) is 7.37. The van der Waals surface area contributed by atoms with Crippen molar-refractivity contribution in [3.63, 3.8) is 0 Å². The van der Waals surface area contributed by atoms with Gasteiger partial charge in [-0.25, -0.2) is 9.97 Å². The Morgan fingerprint density at radius 1 is 1.04 bits per heavy atom. The first-order valence-corrected chi connectivity index (χ1v) is 9.05. The number of hydrogen-bond donors (Lipinski definition) is 2. The first kappa shape index (κ1) is 16.3. The summed E-state index contributed by atoms with van der Waals surface area (Å²) in [6.45, 7) is 0.987. The van der Waals surface area contributed by atoms with Crippen LogP contribution in [0.1, 0.15) is 10.4 Å². The SMILES string of the molecule is O=C(NCCNc1nc(-c2ccco2)c2sccc2n1)c1ccccc1. The molecular formula is C19H16N4O2S. The lowest BCUT2D eigenvalue weighted by Crippen LogP contribution is -2.29. The predicted molar refractivity (Wildman–Crippen MR) is 102 cm³/mol. The molecule has 0 unspecified atom stereocenters. The van der Waals surface area contributed by atoms with Gasteiger partial charge in [-0.1, -0.05) is 18.2 Å². The van der Waals surface area contributed by atoms with Crippen LogP contribution < -0.4 is 10.6 Å². The van der Waals surface area contributed by atoms with Crippen LogP contribution in [-0.2, 0) is 0 Å². The maximum atomic E-state index is 12.0. The summed E-state index contributed by atoms with van der Waals surface area (Å²) in [4.78, 5) is 21.1. The van der Waals surface area contributed by atoms with E-state index in [9.17, 15) is 4.79 Å². The molecule has 0 aliphatic carbocycles. The number of nitrogens with zero attached hydrogens (tertiary/aromatic N) is 2. The molecule has 0 saturated carbocycles. The summed E-state index contributed by atoms with van der Waals surface area (Å²) < 4.78 is 6.48. The predicted octanol–water partition coefficient (Wildman–Crippen LogP) is 3.79. The second-order valence-corrected chi connectivity index (χ2v) is 6.47. The van der Waals surface area contributed by atoms with Crippen molar-refractivity contribution in [3.05, 3.63) is 65.7 Å². The van der Waals surface area contributed by atoms with Gasteiger partial charge in [0.15, 0.2) is 5.76 Å². The Bertz CT molecular complexity index is 1010. The summed E-state index contributed by atoms with van der Waals surface area (Å²) in [6, 6.07) is 14.8. The molecule has 4 rings (SSSR count). The average molecular weight is 364 g/mol. The van der Waals surface area contributed by atoms with Gasteiger partial charge in [-0.3, -0.25) is 4.79 Å². The quantitative estimate of drug-likeness (QED) is 0.509. The number of nitrogens with one attached hydrogen (secondary N) is 2. The van der Waals surface area contributed by atoms with Crippen molar-refractivity contribution in [2.45, 2.75) is 0 Å². The largest absolute Gasteiger partial charge is 0.463 e. The molecule has 130 valence electrons. The number of amides is 1. The molecule has 1 aromatic carbocycles. The number of fused-ring (bicyclic) bond motifs is 1. The van der Waals surface area contributed by atoms with Gasteiger partial charge in [-0.15, -0.1) is 11.3 Å². The van der Waals surface area contributed by atoms with E-state index in [1.165, 1.54) is 0 Å². The highest BCUT2D eigenvalue weighted by Gasteiger charge is 2.13. The highest BCUT2D eigenvalue weighted by molar-refractivity contribution is 7.17. The fraction of sp³-hybridized carbons (Fsp3) is 0.105. The Hall–Kier alpha value is -3.19. The average Bonchev–Trinajstić information content (AvgIpc) is 3.36. The third kappa shape index (κ3) is 3.43. The van der Waals surface area contributed by atoms with E-state index in [0.717, 1.165) is 15.9 Å². The Balaban J connectivity index is 1.42. The standard InChI is InChI=1S/C19H16N4O2S/c24-18(13-5-2-1-3-6-13)20-9-10-21-19-22-14-8-12-26-17(14)16(23-19)15-7-4-11-25-15/h1-8,11-12H,9-10H2,(H,20,24)(H,21,22,23). The van der Waals surface area contributed by atoms with Crippen molar-refractivity contribution in [1.82, 2.24) is 15.3 Å². The van der Waals surface area contributed by atoms with Gasteiger partial charge >= 0.3 is 0 Å². The summed E-state index contributed by atoms with van der Waals surface area (Å²) >= 11 is 1.58. The summed E-state index contributed by atoms with van der Waals surface area (Å²) in [5.74, 6) is 1.12. The number of anilines is 1. The first-order chi connectivity index (χ1) is 12.8. The molecule has 7 heteroatoms. The minimum absolute atomic E-state index is 0.0992. The topological polar surface area (TPSA) is 80.0 Å². The monoisotopic (exact) mass is 364 g/mol. The van der Waals surface area contributed by atoms with Gasteiger partial charge < -0.3 is 15.1 Å². The van der Waals surface area contributed by atoms with Crippen LogP contribution in [0.3, 0.4) is 0 Å². The van der Waals surface area contributed by atoms with Crippen molar-refractivity contribution in [2.24, 2.45) is 0 Å². The minimum Gasteiger partial charge on any atom is -0.463 e. The molecule has 0 spiro atoms. The molecule has 0 radical (unpaired) electrons. The first-order valence-electron chi connectivity index (χ1n) is 8.17. The summed E-state index contributed by atoms with van der Waals surface area (Å²) in [5, 5.41) is 8.01. The molecular weight excluding hydrogens is 348 g/mol. The van der Waals surface area contributed by atoms with Crippen molar-refractivity contribution < 1.29 is 9.21 Å². The lowest BCUT2D eigenvalue weighted by atomic mass is 10.2. The maximum absolute atomic E-state index is 12.0. The maximum Gasteiger partial charge on any atom is 0.251 e. The van der Waals surface area contributed by atoms with E-state index in [0.29, 0.717) is 30.4 Å². The smallest absolute Gasteiger partial charge is 0.251 e. The van der Waals surface area contributed by atoms with Crippen LogP contribution in [0.25, 0.3) is 21.7 Å². The fourth-order valence-corrected chi connectivity index (χ4v) is 3.39. The van der Waals surface area contributed by atoms with Crippen molar-refractivity contribution >= 4 is 33.4 Å². The zero-order chi connectivity index (χ0) is 17.8. The molecule has 1 amide bonds. The fourth-order valence-electron chi connectivity index (χ4n) is 2.56. The summed E-state index contributed by atoms with van der Waals surface area (Å²) in [6.07, 6.45) is 1.63. The van der Waals surface area contributed by atoms with Gasteiger partial charge in [-0.05, 0) is 35.7 Å². The molecule has 3 aromatic heterocycles. The number of carbonyl (C=O) groups excluding carboxylic acids is 1. The number of thiophene rings is 1. The normalized spacial score (nSPS) is 10.8. The Labute approximate surface area is 153 Å². The zero-order valence-corrected chi connectivity index (χ0v) is 14.6. The minimum atomic E-state index is -0.0992. The number of hydrogen-bond acceptors (Lipinski definition) is 6. The second-order valence-electron chi connectivity index (χ2n) is 5.56. The van der Waals surface area contributed by atoms with Gasteiger partial charge in [0.05, 0.1) is 16.5 Å². The molecule has 26 heavy (non-hydrogen) atoms. The summed E-state index contributed by atoms with van der Waals surface area (Å²) in [5.41, 5.74) is 2.28. The summed E-state index contributed by atoms with van der Waals surface area (Å²) in [7, 11) is 0. The molecule has 4 aromatic rings. The van der Waals surface area contributed by atoms with E-state index in [1.54, 1.807) is 29.7 Å². The van der Waals surface area contributed by atoms with Crippen LogP contribution >= 0.6 is 11.3 Å². The van der Waals surface area contributed by atoms with Crippen LogP contribution in [0.2, 0.25) is 0 Å². The van der Waals surface area contributed by atoms with E-state index < -0.39 is 0 Å². The highest BCUT2D eigenvalue weighted by atomic mass is 32.1. The molecule has 0 fully saturated rings. The third-order valence-electron chi connectivity index (χ3n) is 3.79. The van der Waals surface area contributed by atoms with Gasteiger partial charge in [0.25, 0.3) is 5.91 Å².